The first kappa shape index (κ1) is 58.5. The van der Waals surface area contributed by atoms with Gasteiger partial charge in [0.05, 0.1) is 0 Å². The van der Waals surface area contributed by atoms with E-state index in [9.17, 15) is 0 Å². The van der Waals surface area contributed by atoms with Crippen molar-refractivity contribution in [3.05, 3.63) is 392 Å². The third-order valence-electron chi connectivity index (χ3n) is 22.9. The number of aryl methyl sites for hydroxylation is 8. The molecule has 0 unspecified atom stereocenters. The normalized spacial score (nSPS) is 21.2. The van der Waals surface area contributed by atoms with Crippen LogP contribution < -0.4 is 0 Å². The molecule has 0 atom stereocenters. The fourth-order valence-corrected chi connectivity index (χ4v) is 21.1. The van der Waals surface area contributed by atoms with E-state index < -0.39 is 0 Å². The second kappa shape index (κ2) is 23.0. The summed E-state index contributed by atoms with van der Waals surface area (Å²) in [6.45, 7) is 8.55. The van der Waals surface area contributed by atoms with Crippen molar-refractivity contribution in [2.45, 2.75) is 113 Å². The minimum Gasteiger partial charge on any atom is -0.0946 e. The van der Waals surface area contributed by atoms with E-state index >= 15 is 0 Å². The van der Waals surface area contributed by atoms with Gasteiger partial charge in [-0.05, 0) is 285 Å². The second-order valence-corrected chi connectivity index (χ2v) is 30.1. The summed E-state index contributed by atoms with van der Waals surface area (Å²) in [5.74, 6) is 2.23. The molecule has 0 N–H and O–H groups in total. The second-order valence-electron chi connectivity index (χ2n) is 26.9. The van der Waals surface area contributed by atoms with Gasteiger partial charge in [0.2, 0.25) is 0 Å². The summed E-state index contributed by atoms with van der Waals surface area (Å²) in [5.41, 5.74) is 45.9. The standard InChI is InChI=1S/C52H40.C18H14.C16H12Br4.V/c1-2-10-34-33(9-1)49-35-11-3-4-12-36(35)50(34)46-26-42-30-18-17-29(41(42)25-45(46)49)21-22-31-19-20-32(24-23-30)44-28-48-47(27-43(31)44)51-37-13-5-7-15-39(37)52(48)40-16-8-6-14-38(40)51;1-11-12(2)18-15-9-5-3-7-13(15)17(11)14-8-4-6-10-16(14)18;17-13-9-1-2-10(14(13)18)7-8-12-4-3-11(6-5-9)15(19)16(12)20;/h1-20,49-52H,21-28H2;3-10,17-18H,1-2H2;1-4H,5-8H2;. The molecule has 17 aliphatic rings. The minimum atomic E-state index is 0. The molecule has 0 heterocycles. The van der Waals surface area contributed by atoms with E-state index in [0.717, 1.165) is 77.0 Å². The number of hydrogen-bond acceptors (Lipinski definition) is 0. The van der Waals surface area contributed by atoms with Crippen LogP contribution in [0.3, 0.4) is 0 Å². The Morgan fingerprint density at radius 2 is 0.374 bits per heavy atom. The van der Waals surface area contributed by atoms with Gasteiger partial charge in [-0.2, -0.15) is 0 Å². The molecule has 0 amide bonds. The average molecular weight is 1470 g/mol. The summed E-state index contributed by atoms with van der Waals surface area (Å²) in [4.78, 5) is 0. The maximum absolute atomic E-state index is 4.28. The number of rotatable bonds is 0. The fraction of sp³-hybridized carbons (Fsp3) is 0.209. The number of allylic oxidation sites excluding steroid dienone is 6. The van der Waals surface area contributed by atoms with Gasteiger partial charge in [-0.3, -0.25) is 0 Å². The van der Waals surface area contributed by atoms with Crippen LogP contribution in [-0.4, -0.2) is 0 Å². The van der Waals surface area contributed by atoms with Crippen LogP contribution in [0.5, 0.6) is 0 Å². The molecule has 0 aliphatic heterocycles. The number of fused-ring (bicyclic) bond motifs is 5. The Morgan fingerprint density at radius 1 is 0.220 bits per heavy atom. The van der Waals surface area contributed by atoms with Gasteiger partial charge in [0.25, 0.3) is 0 Å². The van der Waals surface area contributed by atoms with E-state index in [2.05, 4.69) is 271 Å². The number of benzene rings is 10. The van der Waals surface area contributed by atoms with Crippen molar-refractivity contribution in [2.75, 3.05) is 0 Å². The maximum atomic E-state index is 4.28. The van der Waals surface area contributed by atoms with E-state index in [0.29, 0.717) is 35.5 Å². The Labute approximate surface area is 581 Å². The molecule has 0 saturated carbocycles. The molecule has 91 heavy (non-hydrogen) atoms. The molecular formula is C86H66Br4V. The van der Waals surface area contributed by atoms with Gasteiger partial charge in [-0.15, -0.1) is 0 Å². The van der Waals surface area contributed by atoms with Crippen molar-refractivity contribution in [1.82, 2.24) is 0 Å². The zero-order valence-corrected chi connectivity index (χ0v) is 58.5. The third-order valence-corrected chi connectivity index (χ3v) is 27.6. The Kier molecular flexibility index (Phi) is 14.8. The Morgan fingerprint density at radius 3 is 0.560 bits per heavy atom. The quantitative estimate of drug-likeness (QED) is 0.133. The molecule has 10 aromatic rings. The first-order valence-corrected chi connectivity index (χ1v) is 35.8. The topological polar surface area (TPSA) is 0 Å². The van der Waals surface area contributed by atoms with Gasteiger partial charge in [0.1, 0.15) is 0 Å². The van der Waals surface area contributed by atoms with Gasteiger partial charge < -0.3 is 0 Å². The van der Waals surface area contributed by atoms with Crippen LogP contribution in [-0.2, 0) is 95.6 Å². The summed E-state index contributed by atoms with van der Waals surface area (Å²) in [6, 6.07) is 74.1. The van der Waals surface area contributed by atoms with Crippen molar-refractivity contribution in [3.8, 4) is 0 Å². The summed E-state index contributed by atoms with van der Waals surface area (Å²) < 4.78 is 4.83. The van der Waals surface area contributed by atoms with Gasteiger partial charge in [-0.1, -0.05) is 230 Å². The zero-order valence-electron chi connectivity index (χ0n) is 50.8. The minimum absolute atomic E-state index is 0. The molecule has 0 fully saturated rings. The fourth-order valence-electron chi connectivity index (χ4n) is 18.7. The Hall–Kier alpha value is -6.34. The average Bonchev–Trinajstić information content (AvgIpc) is 0.716. The van der Waals surface area contributed by atoms with Crippen LogP contribution in [0.25, 0.3) is 0 Å². The van der Waals surface area contributed by atoms with E-state index in [-0.39, 0.29) is 18.6 Å². The molecule has 5 heteroatoms. The first-order valence-electron chi connectivity index (χ1n) is 32.7. The summed E-state index contributed by atoms with van der Waals surface area (Å²) in [6.07, 6.45) is 13.1. The summed E-state index contributed by atoms with van der Waals surface area (Å²) in [5, 5.41) is 0. The summed E-state index contributed by atoms with van der Waals surface area (Å²) >= 11 is 14.9. The summed E-state index contributed by atoms with van der Waals surface area (Å²) in [7, 11) is 0. The van der Waals surface area contributed by atoms with Crippen molar-refractivity contribution in [3.63, 3.8) is 0 Å². The van der Waals surface area contributed by atoms with Crippen molar-refractivity contribution >= 4 is 63.7 Å². The van der Waals surface area contributed by atoms with Gasteiger partial charge in [-0.25, -0.2) is 0 Å². The molecule has 1 radical (unpaired) electrons. The zero-order chi connectivity index (χ0) is 60.2. The molecule has 0 aromatic heterocycles. The predicted molar refractivity (Wildman–Crippen MR) is 383 cm³/mol. The molecule has 10 aromatic carbocycles. The molecular weight excluding hydrogens is 1400 g/mol. The van der Waals surface area contributed by atoms with E-state index in [1.54, 1.807) is 111 Å². The van der Waals surface area contributed by atoms with E-state index in [1.807, 2.05) is 0 Å². The van der Waals surface area contributed by atoms with Gasteiger partial charge in [0.15, 0.2) is 0 Å². The molecule has 17 aliphatic carbocycles. The van der Waals surface area contributed by atoms with Crippen LogP contribution in [0.15, 0.2) is 259 Å². The number of halogens is 4. The molecule has 443 valence electrons. The molecule has 27 rings (SSSR count). The Bertz CT molecular complexity index is 4190. The van der Waals surface area contributed by atoms with Crippen molar-refractivity contribution in [1.29, 1.82) is 0 Å². The monoisotopic (exact) mass is 1470 g/mol. The smallest absolute Gasteiger partial charge is 0.0352 e. The molecule has 0 spiro atoms. The van der Waals surface area contributed by atoms with Crippen molar-refractivity contribution in [2.24, 2.45) is 0 Å². The van der Waals surface area contributed by atoms with Crippen molar-refractivity contribution < 1.29 is 18.6 Å². The third kappa shape index (κ3) is 9.10. The SMILES string of the molecule is Brc1c2ccc(c1Br)CCc1ccc(c(Br)c1Br)CC2.C=C1C(=C)C2c3ccccc3C1c1ccccc12.[V].c1ccc2c(c1)C1C3=C(Cc4c5ccc(c4C3)CCc3ccc(c4c3CC3=C(C4)C4c6ccccc6C3c3ccccc34)CC5)C2c2ccccc21. The van der Waals surface area contributed by atoms with Crippen LogP contribution in [0.2, 0.25) is 0 Å². The largest absolute Gasteiger partial charge is 0.0946 e. The molecule has 0 saturated heterocycles. The van der Waals surface area contributed by atoms with Crippen LogP contribution in [0.4, 0.5) is 0 Å². The Balaban J connectivity index is 0.000000133. The van der Waals surface area contributed by atoms with Gasteiger partial charge >= 0.3 is 0 Å². The first-order chi connectivity index (χ1) is 44.2. The number of hydrogen-bond donors (Lipinski definition) is 0. The predicted octanol–water partition coefficient (Wildman–Crippen LogP) is 22.0. The molecule has 14 bridgehead atoms. The van der Waals surface area contributed by atoms with Crippen LogP contribution in [0, 0.1) is 0 Å². The molecule has 0 nitrogen and oxygen atoms in total. The maximum Gasteiger partial charge on any atom is 0.0352 e. The van der Waals surface area contributed by atoms with Crippen LogP contribution in [0.1, 0.15) is 169 Å². The van der Waals surface area contributed by atoms with E-state index in [4.69, 9.17) is 0 Å². The van der Waals surface area contributed by atoms with Gasteiger partial charge in [0, 0.05) is 72.0 Å². The van der Waals surface area contributed by atoms with E-state index in [1.165, 1.54) is 73.5 Å². The van der Waals surface area contributed by atoms with Crippen LogP contribution >= 0.6 is 63.7 Å².